The molecule has 4 rings (SSSR count). The molecule has 0 fully saturated rings. The van der Waals surface area contributed by atoms with Crippen molar-refractivity contribution in [1.29, 1.82) is 0 Å². The van der Waals surface area contributed by atoms with Crippen LogP contribution in [0.5, 0.6) is 0 Å². The van der Waals surface area contributed by atoms with Crippen molar-refractivity contribution in [3.63, 3.8) is 0 Å². The Morgan fingerprint density at radius 3 is 2.83 bits per heavy atom. The summed E-state index contributed by atoms with van der Waals surface area (Å²) in [7, 11) is 1.84. The molecule has 1 aliphatic heterocycles. The second-order valence-electron chi connectivity index (χ2n) is 8.62. The molecule has 154 valence electrons. The summed E-state index contributed by atoms with van der Waals surface area (Å²) in [5.74, 6) is 2.01. The second-order valence-corrected chi connectivity index (χ2v) is 8.62. The zero-order valence-corrected chi connectivity index (χ0v) is 17.9. The third-order valence-corrected chi connectivity index (χ3v) is 5.79. The molecule has 6 nitrogen and oxygen atoms in total. The number of rotatable bonds is 5. The van der Waals surface area contributed by atoms with Crippen LogP contribution in [-0.4, -0.2) is 33.9 Å². The summed E-state index contributed by atoms with van der Waals surface area (Å²) >= 11 is 0. The van der Waals surface area contributed by atoms with Crippen molar-refractivity contribution in [3.05, 3.63) is 52.9 Å². The number of nitrogens with one attached hydrogen (secondary N) is 2. The van der Waals surface area contributed by atoms with E-state index in [4.69, 9.17) is 4.42 Å². The molecular weight excluding hydrogens is 364 g/mol. The predicted octanol–water partition coefficient (Wildman–Crippen LogP) is 4.03. The van der Waals surface area contributed by atoms with E-state index >= 15 is 0 Å². The average Bonchev–Trinajstić information content (AvgIpc) is 3.16. The fourth-order valence-electron chi connectivity index (χ4n) is 4.46. The van der Waals surface area contributed by atoms with Gasteiger partial charge < -0.3 is 14.3 Å². The largest absolute Gasteiger partial charge is 0.446 e. The van der Waals surface area contributed by atoms with E-state index in [1.807, 2.05) is 20.9 Å². The van der Waals surface area contributed by atoms with Gasteiger partial charge in [0, 0.05) is 37.1 Å². The van der Waals surface area contributed by atoms with Crippen molar-refractivity contribution in [1.82, 2.24) is 20.2 Å². The number of amides is 1. The van der Waals surface area contributed by atoms with E-state index in [1.165, 1.54) is 16.5 Å². The van der Waals surface area contributed by atoms with Gasteiger partial charge in [-0.15, -0.1) is 0 Å². The normalized spacial score (nSPS) is 19.0. The highest BCUT2D eigenvalue weighted by Gasteiger charge is 2.32. The van der Waals surface area contributed by atoms with Gasteiger partial charge in [-0.3, -0.25) is 10.1 Å². The number of hydrogen-bond donors (Lipinski definition) is 2. The summed E-state index contributed by atoms with van der Waals surface area (Å²) in [5.41, 5.74) is 4.45. The Kier molecular flexibility index (Phi) is 5.21. The molecule has 0 saturated carbocycles. The zero-order valence-electron chi connectivity index (χ0n) is 17.9. The molecule has 0 unspecified atom stereocenters. The number of likely N-dealkylation sites (N-methyl/N-ethyl adjacent to an activating group) is 1. The minimum atomic E-state index is -0.275. The number of aryl methyl sites for hydroxylation is 2. The molecule has 6 heteroatoms. The van der Waals surface area contributed by atoms with Crippen LogP contribution in [0.3, 0.4) is 0 Å². The molecule has 0 radical (unpaired) electrons. The van der Waals surface area contributed by atoms with Crippen LogP contribution in [-0.2, 0) is 17.8 Å². The number of aromatic nitrogens is 2. The van der Waals surface area contributed by atoms with Gasteiger partial charge in [0.05, 0.1) is 12.6 Å². The lowest BCUT2D eigenvalue weighted by atomic mass is 9.94. The molecule has 3 heterocycles. The van der Waals surface area contributed by atoms with Crippen LogP contribution in [0, 0.1) is 19.8 Å². The monoisotopic (exact) mass is 394 g/mol. The van der Waals surface area contributed by atoms with Gasteiger partial charge in [-0.1, -0.05) is 26.0 Å². The minimum absolute atomic E-state index is 0.0842. The molecule has 1 aromatic carbocycles. The number of benzene rings is 1. The molecule has 2 aromatic heterocycles. The third kappa shape index (κ3) is 3.81. The maximum absolute atomic E-state index is 13.4. The molecule has 2 N–H and O–H groups in total. The van der Waals surface area contributed by atoms with Crippen molar-refractivity contribution in [2.45, 2.75) is 59.2 Å². The second kappa shape index (κ2) is 7.67. The summed E-state index contributed by atoms with van der Waals surface area (Å²) in [5, 5.41) is 4.95. The fourth-order valence-corrected chi connectivity index (χ4v) is 4.46. The van der Waals surface area contributed by atoms with Crippen molar-refractivity contribution in [2.24, 2.45) is 5.92 Å². The first-order valence-electron chi connectivity index (χ1n) is 10.4. The number of nitrogens with zero attached hydrogens (tertiary/aromatic N) is 2. The van der Waals surface area contributed by atoms with E-state index in [-0.39, 0.29) is 18.0 Å². The van der Waals surface area contributed by atoms with Crippen molar-refractivity contribution >= 4 is 16.8 Å². The molecular formula is C23H30N4O2. The molecule has 0 aliphatic carbocycles. The van der Waals surface area contributed by atoms with Crippen LogP contribution in [0.1, 0.15) is 54.8 Å². The lowest BCUT2D eigenvalue weighted by molar-refractivity contribution is -0.133. The van der Waals surface area contributed by atoms with Gasteiger partial charge in [0.1, 0.15) is 11.5 Å². The van der Waals surface area contributed by atoms with E-state index in [2.05, 4.69) is 53.5 Å². The molecule has 1 amide bonds. The maximum atomic E-state index is 13.4. The minimum Gasteiger partial charge on any atom is -0.446 e. The van der Waals surface area contributed by atoms with E-state index in [9.17, 15) is 4.79 Å². The van der Waals surface area contributed by atoms with Gasteiger partial charge in [0.25, 0.3) is 0 Å². The third-order valence-electron chi connectivity index (χ3n) is 5.79. The van der Waals surface area contributed by atoms with E-state index in [0.717, 1.165) is 23.4 Å². The average molecular weight is 395 g/mol. The fraction of sp³-hybridized carbons (Fsp3) is 0.478. The summed E-state index contributed by atoms with van der Waals surface area (Å²) in [4.78, 5) is 23.0. The number of H-pyrrole nitrogens is 1. The smallest absolute Gasteiger partial charge is 0.240 e. The van der Waals surface area contributed by atoms with Crippen molar-refractivity contribution in [3.8, 4) is 0 Å². The van der Waals surface area contributed by atoms with Crippen LogP contribution in [0.4, 0.5) is 0 Å². The first-order valence-corrected chi connectivity index (χ1v) is 10.4. The lowest BCUT2D eigenvalue weighted by Gasteiger charge is -2.28. The highest BCUT2D eigenvalue weighted by molar-refractivity contribution is 5.90. The maximum Gasteiger partial charge on any atom is 0.240 e. The zero-order chi connectivity index (χ0) is 20.7. The SMILES string of the molecule is Cc1nc(CN(C)C(=O)[C@@H]2Cc3c[nH]c4cccc(c34)[C@H](CC(C)C)N2)c(C)o1. The van der Waals surface area contributed by atoms with E-state index in [1.54, 1.807) is 4.90 Å². The van der Waals surface area contributed by atoms with Crippen LogP contribution >= 0.6 is 0 Å². The number of hydrogen-bond acceptors (Lipinski definition) is 4. The van der Waals surface area contributed by atoms with E-state index in [0.29, 0.717) is 24.8 Å². The summed E-state index contributed by atoms with van der Waals surface area (Å²) < 4.78 is 5.52. The van der Waals surface area contributed by atoms with Gasteiger partial charge in [0.15, 0.2) is 5.89 Å². The predicted molar refractivity (Wildman–Crippen MR) is 114 cm³/mol. The van der Waals surface area contributed by atoms with Gasteiger partial charge in [-0.25, -0.2) is 4.98 Å². The van der Waals surface area contributed by atoms with Gasteiger partial charge >= 0.3 is 0 Å². The molecule has 2 atom stereocenters. The number of carbonyl (C=O) groups is 1. The molecule has 3 aromatic rings. The lowest BCUT2D eigenvalue weighted by Crippen LogP contribution is -2.47. The topological polar surface area (TPSA) is 74.2 Å². The van der Waals surface area contributed by atoms with Gasteiger partial charge in [0.2, 0.25) is 5.91 Å². The Balaban J connectivity index is 1.62. The number of carbonyl (C=O) groups excluding carboxylic acids is 1. The Morgan fingerprint density at radius 1 is 1.34 bits per heavy atom. The van der Waals surface area contributed by atoms with E-state index < -0.39 is 0 Å². The Bertz CT molecular complexity index is 1030. The Labute approximate surface area is 171 Å². The first-order chi connectivity index (χ1) is 13.8. The number of aromatic amines is 1. The van der Waals surface area contributed by atoms with Crippen LogP contribution < -0.4 is 5.32 Å². The van der Waals surface area contributed by atoms with Gasteiger partial charge in [-0.05, 0) is 42.9 Å². The summed E-state index contributed by atoms with van der Waals surface area (Å²) in [6, 6.07) is 6.27. The molecule has 29 heavy (non-hydrogen) atoms. The number of oxazole rings is 1. The highest BCUT2D eigenvalue weighted by Crippen LogP contribution is 2.34. The molecule has 1 aliphatic rings. The van der Waals surface area contributed by atoms with Crippen LogP contribution in [0.15, 0.2) is 28.8 Å². The summed E-state index contributed by atoms with van der Waals surface area (Å²) in [6.07, 6.45) is 3.71. The summed E-state index contributed by atoms with van der Waals surface area (Å²) in [6.45, 7) is 8.62. The Hall–Kier alpha value is -2.60. The molecule has 0 bridgehead atoms. The standard InChI is InChI=1S/C23H30N4O2/c1-13(2)9-19-17-7-6-8-18-22(17)16(11-24-18)10-20(26-19)23(28)27(5)12-21-14(3)29-15(4)25-21/h6-8,11,13,19-20,24,26H,9-10,12H2,1-5H3/t19-,20-/m0/s1. The quantitative estimate of drug-likeness (QED) is 0.685. The highest BCUT2D eigenvalue weighted by atomic mass is 16.4. The van der Waals surface area contributed by atoms with Crippen molar-refractivity contribution < 1.29 is 9.21 Å². The first kappa shape index (κ1) is 19.7. The molecule has 0 spiro atoms. The van der Waals surface area contributed by atoms with Gasteiger partial charge in [-0.2, -0.15) is 0 Å². The molecule has 0 saturated heterocycles. The van der Waals surface area contributed by atoms with Crippen LogP contribution in [0.2, 0.25) is 0 Å². The van der Waals surface area contributed by atoms with Crippen molar-refractivity contribution in [2.75, 3.05) is 7.05 Å². The van der Waals surface area contributed by atoms with Crippen LogP contribution in [0.25, 0.3) is 10.9 Å². The Morgan fingerprint density at radius 2 is 2.14 bits per heavy atom.